The Morgan fingerprint density at radius 2 is 2.30 bits per heavy atom. The quantitative estimate of drug-likeness (QED) is 0.682. The summed E-state index contributed by atoms with van der Waals surface area (Å²) in [6.45, 7) is 5.16. The second-order valence-electron chi connectivity index (χ2n) is 4.14. The third-order valence-electron chi connectivity index (χ3n) is 2.57. The molecule has 0 saturated carbocycles. The summed E-state index contributed by atoms with van der Waals surface area (Å²) in [4.78, 5) is 1.23. The summed E-state index contributed by atoms with van der Waals surface area (Å²) in [7, 11) is -3.58. The Morgan fingerprint density at radius 3 is 2.95 bits per heavy atom. The molecule has 2 aromatic rings. The predicted molar refractivity (Wildman–Crippen MR) is 74.6 cm³/mol. The van der Waals surface area contributed by atoms with Crippen LogP contribution in [0.1, 0.15) is 30.6 Å². The molecule has 3 N–H and O–H groups in total. The fourth-order valence-corrected chi connectivity index (χ4v) is 3.99. The molecule has 110 valence electrons. The number of nitrogens with zero attached hydrogens (tertiary/aromatic N) is 3. The largest absolute Gasteiger partial charge is 0.312 e. The van der Waals surface area contributed by atoms with Crippen LogP contribution in [0.25, 0.3) is 0 Å². The van der Waals surface area contributed by atoms with E-state index in [1.54, 1.807) is 18.4 Å². The van der Waals surface area contributed by atoms with Gasteiger partial charge in [-0.1, -0.05) is 12.1 Å². The van der Waals surface area contributed by atoms with Crippen LogP contribution >= 0.6 is 11.3 Å². The Morgan fingerprint density at radius 1 is 1.50 bits per heavy atom. The smallest absolute Gasteiger partial charge is 0.242 e. The van der Waals surface area contributed by atoms with Gasteiger partial charge in [0, 0.05) is 16.8 Å². The van der Waals surface area contributed by atoms with Gasteiger partial charge in [-0.25, -0.2) is 13.1 Å². The van der Waals surface area contributed by atoms with Crippen LogP contribution in [0.15, 0.2) is 16.3 Å². The van der Waals surface area contributed by atoms with Gasteiger partial charge in [-0.2, -0.15) is 5.21 Å². The van der Waals surface area contributed by atoms with E-state index in [4.69, 9.17) is 0 Å². The van der Waals surface area contributed by atoms with Crippen molar-refractivity contribution in [1.29, 1.82) is 0 Å². The Balaban J connectivity index is 2.08. The number of rotatable bonds is 7. The molecule has 10 heteroatoms. The van der Waals surface area contributed by atoms with Crippen LogP contribution in [-0.4, -0.2) is 35.6 Å². The van der Waals surface area contributed by atoms with E-state index in [-0.39, 0.29) is 4.90 Å². The first-order chi connectivity index (χ1) is 9.53. The second-order valence-corrected chi connectivity index (χ2v) is 6.85. The van der Waals surface area contributed by atoms with E-state index < -0.39 is 16.1 Å². The highest BCUT2D eigenvalue weighted by molar-refractivity contribution is 7.89. The Labute approximate surface area is 121 Å². The molecule has 0 aliphatic heterocycles. The lowest BCUT2D eigenvalue weighted by molar-refractivity contribution is 0.560. The highest BCUT2D eigenvalue weighted by Crippen LogP contribution is 2.20. The van der Waals surface area contributed by atoms with Crippen LogP contribution in [0, 0.1) is 0 Å². The van der Waals surface area contributed by atoms with Crippen molar-refractivity contribution in [3.05, 3.63) is 22.1 Å². The van der Waals surface area contributed by atoms with E-state index in [1.165, 1.54) is 11.3 Å². The first-order valence-corrected chi connectivity index (χ1v) is 8.43. The molecule has 20 heavy (non-hydrogen) atoms. The first kappa shape index (κ1) is 15.0. The summed E-state index contributed by atoms with van der Waals surface area (Å²) >= 11 is 1.41. The summed E-state index contributed by atoms with van der Waals surface area (Å²) < 4.78 is 26.9. The van der Waals surface area contributed by atoms with Crippen molar-refractivity contribution >= 4 is 21.4 Å². The fraction of sp³-hybridized carbons (Fsp3) is 0.500. The second kappa shape index (κ2) is 6.39. The van der Waals surface area contributed by atoms with Gasteiger partial charge in [0.1, 0.15) is 0 Å². The number of H-pyrrole nitrogens is 1. The zero-order valence-electron chi connectivity index (χ0n) is 11.1. The van der Waals surface area contributed by atoms with E-state index in [9.17, 15) is 8.42 Å². The molecule has 0 fully saturated rings. The first-order valence-electron chi connectivity index (χ1n) is 6.06. The van der Waals surface area contributed by atoms with Crippen molar-refractivity contribution in [2.24, 2.45) is 0 Å². The Bertz CT molecular complexity index is 637. The lowest BCUT2D eigenvalue weighted by Crippen LogP contribution is -2.27. The molecule has 2 heterocycles. The van der Waals surface area contributed by atoms with Gasteiger partial charge >= 0.3 is 0 Å². The van der Waals surface area contributed by atoms with E-state index in [1.807, 2.05) is 6.92 Å². The molecule has 2 aromatic heterocycles. The molecule has 0 bridgehead atoms. The highest BCUT2D eigenvalue weighted by Gasteiger charge is 2.21. The average Bonchev–Trinajstić information content (AvgIpc) is 3.07. The van der Waals surface area contributed by atoms with Gasteiger partial charge in [0.15, 0.2) is 5.82 Å². The molecule has 0 aromatic carbocycles. The third-order valence-corrected chi connectivity index (χ3v) is 5.18. The van der Waals surface area contributed by atoms with Crippen molar-refractivity contribution in [2.75, 3.05) is 6.54 Å². The molecular weight excluding hydrogens is 300 g/mol. The molecule has 0 amide bonds. The van der Waals surface area contributed by atoms with Crippen LogP contribution in [0.5, 0.6) is 0 Å². The number of nitrogens with one attached hydrogen (secondary N) is 3. The van der Waals surface area contributed by atoms with Gasteiger partial charge in [0.05, 0.1) is 10.9 Å². The zero-order chi connectivity index (χ0) is 14.6. The van der Waals surface area contributed by atoms with Crippen LogP contribution in [0.4, 0.5) is 0 Å². The summed E-state index contributed by atoms with van der Waals surface area (Å²) in [5.74, 6) is 0.302. The lowest BCUT2D eigenvalue weighted by Gasteiger charge is -2.09. The number of hydrogen-bond donors (Lipinski definition) is 3. The van der Waals surface area contributed by atoms with Gasteiger partial charge in [-0.15, -0.1) is 21.5 Å². The van der Waals surface area contributed by atoms with E-state index in [0.29, 0.717) is 12.4 Å². The number of sulfonamides is 1. The molecular formula is C10H16N6O2S2. The monoisotopic (exact) mass is 316 g/mol. The summed E-state index contributed by atoms with van der Waals surface area (Å²) in [6.07, 6.45) is 0. The number of hydrogen-bond acceptors (Lipinski definition) is 7. The van der Waals surface area contributed by atoms with Crippen molar-refractivity contribution in [1.82, 2.24) is 30.7 Å². The number of thiophene rings is 1. The topological polar surface area (TPSA) is 113 Å². The lowest BCUT2D eigenvalue weighted by atomic mass is 10.4. The van der Waals surface area contributed by atoms with Crippen LogP contribution < -0.4 is 10.0 Å². The van der Waals surface area contributed by atoms with Crippen LogP contribution in [0.3, 0.4) is 0 Å². The van der Waals surface area contributed by atoms with Crippen molar-refractivity contribution in [2.45, 2.75) is 31.3 Å². The minimum Gasteiger partial charge on any atom is -0.312 e. The Kier molecular flexibility index (Phi) is 4.81. The van der Waals surface area contributed by atoms with Crippen LogP contribution in [-0.2, 0) is 16.6 Å². The summed E-state index contributed by atoms with van der Waals surface area (Å²) in [5, 5.41) is 18.0. The number of aromatic amines is 1. The normalized spacial score (nSPS) is 13.5. The molecule has 1 unspecified atom stereocenters. The Hall–Kier alpha value is -1.36. The molecule has 1 atom stereocenters. The highest BCUT2D eigenvalue weighted by atomic mass is 32.2. The third kappa shape index (κ3) is 3.60. The van der Waals surface area contributed by atoms with Crippen molar-refractivity contribution in [3.8, 4) is 0 Å². The molecule has 0 radical (unpaired) electrons. The standard InChI is InChI=1S/C10H16N6O2S2/c1-3-11-5-8-4-9(6-19-8)20(17,18)14-7(2)10-12-15-16-13-10/h4,6-7,11,14H,3,5H2,1-2H3,(H,12,13,15,16). The fourth-order valence-electron chi connectivity index (χ4n) is 1.55. The number of aromatic nitrogens is 4. The molecule has 0 aliphatic carbocycles. The van der Waals surface area contributed by atoms with Gasteiger partial charge in [0.25, 0.3) is 0 Å². The zero-order valence-corrected chi connectivity index (χ0v) is 12.8. The minimum atomic E-state index is -3.58. The SMILES string of the molecule is CCNCc1cc(S(=O)(=O)NC(C)c2nn[nH]n2)cs1. The predicted octanol–water partition coefficient (Wildman–Crippen LogP) is 0.410. The van der Waals surface area contributed by atoms with Gasteiger partial charge < -0.3 is 5.32 Å². The molecule has 0 aliphatic rings. The maximum Gasteiger partial charge on any atom is 0.242 e. The van der Waals surface area contributed by atoms with Gasteiger partial charge in [-0.05, 0) is 19.5 Å². The maximum atomic E-state index is 12.2. The van der Waals surface area contributed by atoms with E-state index in [0.717, 1.165) is 11.4 Å². The maximum absolute atomic E-state index is 12.2. The molecule has 8 nitrogen and oxygen atoms in total. The number of tetrazole rings is 1. The summed E-state index contributed by atoms with van der Waals surface area (Å²) in [5.41, 5.74) is 0. The van der Waals surface area contributed by atoms with Gasteiger partial charge in [-0.3, -0.25) is 0 Å². The van der Waals surface area contributed by atoms with Crippen molar-refractivity contribution in [3.63, 3.8) is 0 Å². The van der Waals surface area contributed by atoms with Crippen molar-refractivity contribution < 1.29 is 8.42 Å². The summed E-state index contributed by atoms with van der Waals surface area (Å²) in [6, 6.07) is 1.12. The molecule has 0 saturated heterocycles. The average molecular weight is 316 g/mol. The molecule has 2 rings (SSSR count). The van der Waals surface area contributed by atoms with E-state index in [2.05, 4.69) is 30.7 Å². The van der Waals surface area contributed by atoms with Gasteiger partial charge in [0.2, 0.25) is 10.0 Å². The molecule has 0 spiro atoms. The van der Waals surface area contributed by atoms with E-state index >= 15 is 0 Å². The minimum absolute atomic E-state index is 0.255. The van der Waals surface area contributed by atoms with Crippen LogP contribution in [0.2, 0.25) is 0 Å².